The van der Waals surface area contributed by atoms with Crippen molar-refractivity contribution in [3.63, 3.8) is 0 Å². The molecule has 1 heterocycles. The van der Waals surface area contributed by atoms with Crippen LogP contribution in [0.2, 0.25) is 10.0 Å². The van der Waals surface area contributed by atoms with Gasteiger partial charge in [0.15, 0.2) is 0 Å². The Morgan fingerprint density at radius 1 is 0.684 bits per heavy atom. The highest BCUT2D eigenvalue weighted by molar-refractivity contribution is 6.32. The molecule has 5 rings (SSSR count). The molecule has 0 fully saturated rings. The first-order chi connectivity index (χ1) is 27.4. The Morgan fingerprint density at radius 2 is 1.21 bits per heavy atom. The van der Waals surface area contributed by atoms with Crippen molar-refractivity contribution >= 4 is 35.1 Å². The number of carbonyl (C=O) groups is 2. The third-order valence-corrected chi connectivity index (χ3v) is 10.0. The number of carboxylic acid groups (broad SMARTS) is 2. The van der Waals surface area contributed by atoms with Gasteiger partial charge in [-0.1, -0.05) is 59.6 Å². The SMILES string of the molecule is Cc1cc(OCc2cccc(-c3cccc(COc4cc(OCc5cncc(C#N)c5)c(CNCCC(=O)O)cc4Cl)c3C)c2C)c(Cl)cc1CNCCC(=O)O. The van der Waals surface area contributed by atoms with E-state index in [4.69, 9.17) is 47.6 Å². The van der Waals surface area contributed by atoms with Crippen molar-refractivity contribution in [1.29, 1.82) is 5.26 Å². The van der Waals surface area contributed by atoms with Crippen LogP contribution >= 0.6 is 23.2 Å². The lowest BCUT2D eigenvalue weighted by Gasteiger charge is -2.18. The van der Waals surface area contributed by atoms with E-state index in [0.717, 1.165) is 50.1 Å². The topological polar surface area (TPSA) is 163 Å². The lowest BCUT2D eigenvalue weighted by molar-refractivity contribution is -0.137. The molecule has 0 saturated heterocycles. The molecule has 0 saturated carbocycles. The second kappa shape index (κ2) is 20.5. The third kappa shape index (κ3) is 11.9. The number of hydrogen-bond acceptors (Lipinski definition) is 9. The maximum absolute atomic E-state index is 11.0. The molecule has 11 nitrogen and oxygen atoms in total. The van der Waals surface area contributed by atoms with Crippen LogP contribution in [0.3, 0.4) is 0 Å². The summed E-state index contributed by atoms with van der Waals surface area (Å²) in [5, 5.41) is 34.3. The fourth-order valence-corrected chi connectivity index (χ4v) is 6.64. The summed E-state index contributed by atoms with van der Waals surface area (Å²) < 4.78 is 18.7. The quantitative estimate of drug-likeness (QED) is 0.0556. The highest BCUT2D eigenvalue weighted by Crippen LogP contribution is 2.36. The summed E-state index contributed by atoms with van der Waals surface area (Å²) in [4.78, 5) is 26.0. The number of nitrogens with zero attached hydrogens (tertiary/aromatic N) is 2. The molecular weight excluding hydrogens is 767 g/mol. The molecule has 5 aromatic rings. The molecule has 0 aliphatic rings. The van der Waals surface area contributed by atoms with Gasteiger partial charge in [-0.3, -0.25) is 14.6 Å². The first-order valence-electron chi connectivity index (χ1n) is 18.3. The highest BCUT2D eigenvalue weighted by Gasteiger charge is 2.16. The van der Waals surface area contributed by atoms with Crippen molar-refractivity contribution in [3.8, 4) is 34.4 Å². The molecule has 0 radical (unpaired) electrons. The van der Waals surface area contributed by atoms with Gasteiger partial charge >= 0.3 is 11.9 Å². The number of nitriles is 1. The first-order valence-corrected chi connectivity index (χ1v) is 19.0. The first kappa shape index (κ1) is 42.5. The number of pyridine rings is 1. The van der Waals surface area contributed by atoms with Gasteiger partial charge in [0.1, 0.15) is 43.1 Å². The van der Waals surface area contributed by atoms with E-state index in [1.54, 1.807) is 24.4 Å². The van der Waals surface area contributed by atoms with Gasteiger partial charge in [-0.2, -0.15) is 5.26 Å². The van der Waals surface area contributed by atoms with E-state index < -0.39 is 11.9 Å². The predicted octanol–water partition coefficient (Wildman–Crippen LogP) is 8.72. The number of carboxylic acids is 2. The Morgan fingerprint density at radius 3 is 1.77 bits per heavy atom. The summed E-state index contributed by atoms with van der Waals surface area (Å²) in [6, 6.07) is 23.2. The van der Waals surface area contributed by atoms with Gasteiger partial charge in [-0.05, 0) is 89.5 Å². The van der Waals surface area contributed by atoms with Crippen molar-refractivity contribution in [2.75, 3.05) is 13.1 Å². The average Bonchev–Trinajstić information content (AvgIpc) is 3.18. The van der Waals surface area contributed by atoms with Crippen molar-refractivity contribution in [2.24, 2.45) is 0 Å². The maximum atomic E-state index is 11.0. The molecule has 0 aliphatic carbocycles. The average molecular weight is 812 g/mol. The summed E-state index contributed by atoms with van der Waals surface area (Å²) in [5.41, 5.74) is 10.0. The van der Waals surface area contributed by atoms with Crippen molar-refractivity contribution in [1.82, 2.24) is 15.6 Å². The summed E-state index contributed by atoms with van der Waals surface area (Å²) in [7, 11) is 0. The van der Waals surface area contributed by atoms with Gasteiger partial charge in [-0.25, -0.2) is 0 Å². The molecule has 0 spiro atoms. The molecule has 57 heavy (non-hydrogen) atoms. The standard InChI is InChI=1S/C44H44Cl2N4O7/c1-27-14-41(38(45)16-34(27)22-48-12-10-43(51)52)56-25-32-6-4-8-36(28(32)2)37-9-5-7-33(29(37)3)26-57-42-18-40(55-24-31-15-30(19-47)20-50-21-31)35(17-39(42)46)23-49-13-11-44(53)54/h4-9,14-18,20-21,48-49H,10-13,22-26H2,1-3H3,(H,51,52)(H,53,54). The van der Waals surface area contributed by atoms with Crippen LogP contribution in [0.25, 0.3) is 11.1 Å². The number of aryl methyl sites for hydroxylation is 1. The van der Waals surface area contributed by atoms with Gasteiger partial charge in [0.25, 0.3) is 0 Å². The molecule has 4 N–H and O–H groups in total. The Hall–Kier alpha value is -5.64. The molecule has 0 atom stereocenters. The maximum Gasteiger partial charge on any atom is 0.304 e. The van der Waals surface area contributed by atoms with E-state index in [1.807, 2.05) is 43.3 Å². The molecule has 0 unspecified atom stereocenters. The molecule has 296 valence electrons. The fraction of sp³-hybridized carbons (Fsp3) is 0.273. The van der Waals surface area contributed by atoms with Gasteiger partial charge in [0, 0.05) is 55.8 Å². The monoisotopic (exact) mass is 810 g/mol. The Kier molecular flexibility index (Phi) is 15.3. The van der Waals surface area contributed by atoms with Crippen LogP contribution in [0, 0.1) is 32.1 Å². The Labute approximate surface area is 342 Å². The number of rotatable bonds is 20. The molecule has 0 aliphatic heterocycles. The summed E-state index contributed by atoms with van der Waals surface area (Å²) in [6.07, 6.45) is 3.12. The Bertz CT molecular complexity index is 2280. The van der Waals surface area contributed by atoms with Crippen molar-refractivity contribution in [3.05, 3.63) is 139 Å². The van der Waals surface area contributed by atoms with Gasteiger partial charge in [0.05, 0.1) is 28.5 Å². The van der Waals surface area contributed by atoms with E-state index in [-0.39, 0.29) is 32.6 Å². The molecule has 0 bridgehead atoms. The molecule has 0 amide bonds. The minimum Gasteiger partial charge on any atom is -0.488 e. The van der Waals surface area contributed by atoms with Crippen LogP contribution in [0.15, 0.2) is 79.1 Å². The summed E-state index contributed by atoms with van der Waals surface area (Å²) >= 11 is 13.4. The molecular formula is C44H44Cl2N4O7. The van der Waals surface area contributed by atoms with Gasteiger partial charge in [-0.15, -0.1) is 0 Å². The summed E-state index contributed by atoms with van der Waals surface area (Å²) in [6.45, 7) is 8.24. The number of nitrogens with one attached hydrogen (secondary N) is 2. The van der Waals surface area contributed by atoms with Crippen LogP contribution < -0.4 is 24.8 Å². The second-order valence-corrected chi connectivity index (χ2v) is 14.3. The van der Waals surface area contributed by atoms with E-state index in [0.29, 0.717) is 64.7 Å². The minimum atomic E-state index is -0.900. The van der Waals surface area contributed by atoms with Crippen LogP contribution in [-0.2, 0) is 42.5 Å². The zero-order valence-corrected chi connectivity index (χ0v) is 33.5. The highest BCUT2D eigenvalue weighted by atomic mass is 35.5. The number of halogens is 2. The van der Waals surface area contributed by atoms with Gasteiger partial charge < -0.3 is 35.1 Å². The van der Waals surface area contributed by atoms with E-state index in [1.165, 1.54) is 6.20 Å². The van der Waals surface area contributed by atoms with E-state index >= 15 is 0 Å². The van der Waals surface area contributed by atoms with E-state index in [2.05, 4.69) is 47.7 Å². The molecule has 13 heteroatoms. The number of aromatic nitrogens is 1. The summed E-state index contributed by atoms with van der Waals surface area (Å²) in [5.74, 6) is -0.259. The molecule has 1 aromatic heterocycles. The zero-order chi connectivity index (χ0) is 40.9. The third-order valence-electron chi connectivity index (χ3n) is 9.43. The van der Waals surface area contributed by atoms with Crippen LogP contribution in [0.5, 0.6) is 17.2 Å². The number of hydrogen-bond donors (Lipinski definition) is 4. The number of ether oxygens (including phenoxy) is 3. The van der Waals surface area contributed by atoms with Crippen LogP contribution in [0.1, 0.15) is 62.9 Å². The van der Waals surface area contributed by atoms with Crippen LogP contribution in [-0.4, -0.2) is 40.2 Å². The van der Waals surface area contributed by atoms with Crippen molar-refractivity contribution < 1.29 is 34.0 Å². The lowest BCUT2D eigenvalue weighted by Crippen LogP contribution is -2.18. The molecule has 4 aromatic carbocycles. The van der Waals surface area contributed by atoms with Crippen molar-refractivity contribution in [2.45, 2.75) is 66.5 Å². The zero-order valence-electron chi connectivity index (χ0n) is 32.0. The Balaban J connectivity index is 1.30. The normalized spacial score (nSPS) is 10.9. The minimum absolute atomic E-state index is 0.0319. The number of benzene rings is 4. The smallest absolute Gasteiger partial charge is 0.304 e. The fourth-order valence-electron chi connectivity index (χ4n) is 6.16. The van der Waals surface area contributed by atoms with E-state index in [9.17, 15) is 14.9 Å². The second-order valence-electron chi connectivity index (χ2n) is 13.5. The lowest BCUT2D eigenvalue weighted by atomic mass is 9.92. The van der Waals surface area contributed by atoms with Gasteiger partial charge in [0.2, 0.25) is 0 Å². The predicted molar refractivity (Wildman–Crippen MR) is 219 cm³/mol. The van der Waals surface area contributed by atoms with Crippen LogP contribution in [0.4, 0.5) is 0 Å². The number of aliphatic carboxylic acids is 2. The largest absolute Gasteiger partial charge is 0.488 e.